The van der Waals surface area contributed by atoms with Crippen molar-refractivity contribution in [1.82, 2.24) is 14.8 Å². The van der Waals surface area contributed by atoms with E-state index >= 15 is 0 Å². The van der Waals surface area contributed by atoms with Crippen LogP contribution in [0.1, 0.15) is 23.8 Å². The van der Waals surface area contributed by atoms with Crippen molar-refractivity contribution in [2.24, 2.45) is 7.05 Å². The van der Waals surface area contributed by atoms with Crippen LogP contribution in [0.4, 0.5) is 4.39 Å². The fourth-order valence-corrected chi connectivity index (χ4v) is 4.13. The number of hydrogen-bond donors (Lipinski definition) is 0. The summed E-state index contributed by atoms with van der Waals surface area (Å²) in [5.74, 6) is -0.304. The Morgan fingerprint density at radius 2 is 1.93 bits per heavy atom. The van der Waals surface area contributed by atoms with E-state index in [0.29, 0.717) is 18.5 Å². The SMILES string of the molecule is Cn1cc(-c2ccnc3c2CCC3OS(C)(=O)=O)c(-c2ccc(F)cc2)n1. The van der Waals surface area contributed by atoms with Gasteiger partial charge in [-0.1, -0.05) is 0 Å². The van der Waals surface area contributed by atoms with E-state index in [4.69, 9.17) is 4.18 Å². The molecule has 2 aromatic heterocycles. The number of benzene rings is 1. The average molecular weight is 387 g/mol. The molecular formula is C19H18FN3O3S. The zero-order valence-electron chi connectivity index (χ0n) is 14.9. The van der Waals surface area contributed by atoms with E-state index in [1.165, 1.54) is 12.1 Å². The lowest BCUT2D eigenvalue weighted by Crippen LogP contribution is -2.09. The van der Waals surface area contributed by atoms with Crippen LogP contribution in [0.15, 0.2) is 42.7 Å². The zero-order chi connectivity index (χ0) is 19.2. The molecule has 0 aliphatic heterocycles. The van der Waals surface area contributed by atoms with Gasteiger partial charge in [0.15, 0.2) is 0 Å². The molecule has 2 heterocycles. The molecule has 0 N–H and O–H groups in total. The fraction of sp³-hybridized carbons (Fsp3) is 0.263. The molecule has 1 aliphatic carbocycles. The Bertz CT molecular complexity index is 1110. The fourth-order valence-electron chi connectivity index (χ4n) is 3.52. The number of fused-ring (bicyclic) bond motifs is 1. The van der Waals surface area contributed by atoms with Crippen LogP contribution in [-0.4, -0.2) is 29.4 Å². The number of pyridine rings is 1. The lowest BCUT2D eigenvalue weighted by Gasteiger charge is -2.11. The van der Waals surface area contributed by atoms with Crippen molar-refractivity contribution < 1.29 is 17.0 Å². The van der Waals surface area contributed by atoms with Crippen LogP contribution in [0.3, 0.4) is 0 Å². The molecule has 3 aromatic rings. The topological polar surface area (TPSA) is 74.1 Å². The van der Waals surface area contributed by atoms with Crippen LogP contribution >= 0.6 is 0 Å². The molecule has 1 unspecified atom stereocenters. The van der Waals surface area contributed by atoms with Crippen LogP contribution < -0.4 is 0 Å². The van der Waals surface area contributed by atoms with Gasteiger partial charge in [-0.3, -0.25) is 13.8 Å². The Balaban J connectivity index is 1.81. The van der Waals surface area contributed by atoms with Gasteiger partial charge in [0.2, 0.25) is 0 Å². The van der Waals surface area contributed by atoms with E-state index in [0.717, 1.165) is 34.2 Å². The molecule has 27 heavy (non-hydrogen) atoms. The van der Waals surface area contributed by atoms with Gasteiger partial charge in [-0.25, -0.2) is 4.39 Å². The summed E-state index contributed by atoms with van der Waals surface area (Å²) in [6, 6.07) is 8.09. The minimum Gasteiger partial charge on any atom is -0.275 e. The quantitative estimate of drug-likeness (QED) is 0.643. The first kappa shape index (κ1) is 17.8. The molecule has 0 bridgehead atoms. The molecule has 0 saturated carbocycles. The van der Waals surface area contributed by atoms with Gasteiger partial charge in [-0.15, -0.1) is 0 Å². The molecule has 1 aliphatic rings. The van der Waals surface area contributed by atoms with Crippen molar-refractivity contribution in [2.75, 3.05) is 6.26 Å². The van der Waals surface area contributed by atoms with Gasteiger partial charge < -0.3 is 0 Å². The van der Waals surface area contributed by atoms with Gasteiger partial charge in [0.25, 0.3) is 10.1 Å². The van der Waals surface area contributed by atoms with Gasteiger partial charge in [-0.2, -0.15) is 13.5 Å². The van der Waals surface area contributed by atoms with Gasteiger partial charge in [-0.05, 0) is 54.3 Å². The zero-order valence-corrected chi connectivity index (χ0v) is 15.7. The van der Waals surface area contributed by atoms with Crippen molar-refractivity contribution in [3.63, 3.8) is 0 Å². The second-order valence-electron chi connectivity index (χ2n) is 6.62. The first-order valence-electron chi connectivity index (χ1n) is 8.48. The molecule has 0 radical (unpaired) electrons. The Morgan fingerprint density at radius 1 is 1.19 bits per heavy atom. The van der Waals surface area contributed by atoms with Crippen LogP contribution in [0.2, 0.25) is 0 Å². The van der Waals surface area contributed by atoms with Gasteiger partial charge in [0.1, 0.15) is 17.6 Å². The lowest BCUT2D eigenvalue weighted by atomic mass is 9.97. The molecular weight excluding hydrogens is 369 g/mol. The molecule has 4 rings (SSSR count). The van der Waals surface area contributed by atoms with Crippen molar-refractivity contribution >= 4 is 10.1 Å². The van der Waals surface area contributed by atoms with E-state index in [-0.39, 0.29) is 5.82 Å². The molecule has 0 spiro atoms. The van der Waals surface area contributed by atoms with E-state index in [2.05, 4.69) is 10.1 Å². The summed E-state index contributed by atoms with van der Waals surface area (Å²) in [5.41, 5.74) is 4.97. The van der Waals surface area contributed by atoms with E-state index < -0.39 is 16.2 Å². The largest absolute Gasteiger partial charge is 0.275 e. The predicted molar refractivity (Wildman–Crippen MR) is 98.8 cm³/mol. The highest BCUT2D eigenvalue weighted by Gasteiger charge is 2.31. The lowest BCUT2D eigenvalue weighted by molar-refractivity contribution is 0.213. The maximum absolute atomic E-state index is 13.3. The van der Waals surface area contributed by atoms with Crippen molar-refractivity contribution in [2.45, 2.75) is 18.9 Å². The smallest absolute Gasteiger partial charge is 0.265 e. The summed E-state index contributed by atoms with van der Waals surface area (Å²) >= 11 is 0. The number of rotatable bonds is 4. The third-order valence-electron chi connectivity index (χ3n) is 4.58. The van der Waals surface area contributed by atoms with Crippen LogP contribution in [0, 0.1) is 5.82 Å². The molecule has 140 valence electrons. The molecule has 8 heteroatoms. The third-order valence-corrected chi connectivity index (χ3v) is 5.16. The van der Waals surface area contributed by atoms with Crippen LogP contribution in [0.25, 0.3) is 22.4 Å². The monoisotopic (exact) mass is 387 g/mol. The molecule has 0 amide bonds. The minimum absolute atomic E-state index is 0.304. The van der Waals surface area contributed by atoms with E-state index in [1.54, 1.807) is 23.0 Å². The number of aromatic nitrogens is 3. The second kappa shape index (κ2) is 6.54. The van der Waals surface area contributed by atoms with Gasteiger partial charge >= 0.3 is 0 Å². The summed E-state index contributed by atoms with van der Waals surface area (Å²) in [6.45, 7) is 0. The number of nitrogens with zero attached hydrogens (tertiary/aromatic N) is 3. The first-order chi connectivity index (χ1) is 12.8. The van der Waals surface area contributed by atoms with Crippen LogP contribution in [-0.2, 0) is 27.8 Å². The van der Waals surface area contributed by atoms with Crippen molar-refractivity contribution in [3.8, 4) is 22.4 Å². The highest BCUT2D eigenvalue weighted by atomic mass is 32.2. The maximum Gasteiger partial charge on any atom is 0.265 e. The summed E-state index contributed by atoms with van der Waals surface area (Å²) in [6.07, 6.45) is 5.25. The Morgan fingerprint density at radius 3 is 2.63 bits per heavy atom. The number of hydrogen-bond acceptors (Lipinski definition) is 5. The summed E-state index contributed by atoms with van der Waals surface area (Å²) in [5, 5.41) is 4.54. The normalized spacial score (nSPS) is 16.5. The first-order valence-corrected chi connectivity index (χ1v) is 10.3. The summed E-state index contributed by atoms with van der Waals surface area (Å²) in [4.78, 5) is 4.37. The third kappa shape index (κ3) is 3.50. The number of aryl methyl sites for hydroxylation is 1. The highest BCUT2D eigenvalue weighted by Crippen LogP contribution is 2.41. The predicted octanol–water partition coefficient (Wildman–Crippen LogP) is 3.25. The molecule has 1 aromatic carbocycles. The van der Waals surface area contributed by atoms with Gasteiger partial charge in [0, 0.05) is 30.6 Å². The highest BCUT2D eigenvalue weighted by molar-refractivity contribution is 7.86. The molecule has 6 nitrogen and oxygen atoms in total. The standard InChI is InChI=1S/C19H18FN3O3S/c1-23-11-16(18(22-23)12-3-5-13(20)6-4-12)14-9-10-21-19-15(14)7-8-17(19)26-27(2,24)25/h3-6,9-11,17H,7-8H2,1-2H3. The molecule has 1 atom stereocenters. The maximum atomic E-state index is 13.3. The Kier molecular flexibility index (Phi) is 4.32. The van der Waals surface area contributed by atoms with E-state index in [1.807, 2.05) is 19.3 Å². The second-order valence-corrected chi connectivity index (χ2v) is 8.22. The van der Waals surface area contributed by atoms with E-state index in [9.17, 15) is 12.8 Å². The van der Waals surface area contributed by atoms with Crippen molar-refractivity contribution in [1.29, 1.82) is 0 Å². The summed E-state index contributed by atoms with van der Waals surface area (Å²) in [7, 11) is -1.74. The Hall–Kier alpha value is -2.58. The molecule has 0 fully saturated rings. The summed E-state index contributed by atoms with van der Waals surface area (Å²) < 4.78 is 43.3. The van der Waals surface area contributed by atoms with Crippen LogP contribution in [0.5, 0.6) is 0 Å². The molecule has 0 saturated heterocycles. The Labute approximate surface area is 156 Å². The minimum atomic E-state index is -3.57. The van der Waals surface area contributed by atoms with Gasteiger partial charge in [0.05, 0.1) is 11.9 Å². The average Bonchev–Trinajstić information content (AvgIpc) is 3.18. The van der Waals surface area contributed by atoms with Crippen molar-refractivity contribution in [3.05, 3.63) is 59.8 Å². The number of halogens is 1.